The molecule has 2 aromatic heterocycles. The van der Waals surface area contributed by atoms with E-state index in [0.717, 1.165) is 112 Å². The fraction of sp³-hybridized carbons (Fsp3) is 0.00826. The van der Waals surface area contributed by atoms with Crippen LogP contribution in [-0.4, -0.2) is 35.7 Å². The van der Waals surface area contributed by atoms with Gasteiger partial charge in [-0.15, -0.1) is 0 Å². The number of aromatic nitrogens is 2. The number of hydrogen-bond acceptors (Lipinski definition) is 3. The zero-order valence-corrected chi connectivity index (χ0v) is 75.8. The Kier molecular flexibility index (Phi) is 22.5. The third-order valence-corrected chi connectivity index (χ3v) is 45.6. The molecule has 5 nitrogen and oxygen atoms in total. The van der Waals surface area contributed by atoms with Gasteiger partial charge in [0.15, 0.2) is 0 Å². The molecule has 0 bridgehead atoms. The van der Waals surface area contributed by atoms with E-state index in [1.165, 1.54) is 81.7 Å². The van der Waals surface area contributed by atoms with Crippen LogP contribution in [0.1, 0.15) is 5.56 Å². The van der Waals surface area contributed by atoms with Crippen LogP contribution in [0.3, 0.4) is 0 Å². The van der Waals surface area contributed by atoms with E-state index < -0.39 is 26.5 Å². The van der Waals surface area contributed by atoms with Gasteiger partial charge >= 0.3 is 503 Å². The second-order valence-electron chi connectivity index (χ2n) is 33.0. The molecule has 620 valence electrons. The molecule has 0 amide bonds. The van der Waals surface area contributed by atoms with Crippen molar-refractivity contribution >= 4 is 156 Å². The van der Waals surface area contributed by atoms with Crippen molar-refractivity contribution in [3.05, 3.63) is 539 Å². The van der Waals surface area contributed by atoms with E-state index in [0.29, 0.717) is 0 Å². The summed E-state index contributed by atoms with van der Waals surface area (Å²) in [4.78, 5) is 6.96. The molecule has 22 aromatic rings. The molecule has 0 aliphatic rings. The van der Waals surface area contributed by atoms with Gasteiger partial charge in [0.25, 0.3) is 0 Å². The number of hydrogen-bond donors (Lipinski definition) is 0. The summed E-state index contributed by atoms with van der Waals surface area (Å²) in [5, 5.41) is 4.53. The molecule has 9 heteroatoms. The summed E-state index contributed by atoms with van der Waals surface area (Å²) in [5.74, 6) is -0.498. The van der Waals surface area contributed by atoms with Crippen LogP contribution >= 0.6 is 0 Å². The SMILES string of the molecule is Cc1ccc(N(c2ccc(-c3cc[c]([Ge]([c]4ccccc4)([c]4ccccc4)[c]4ccccc4)cc3)cc2)c2ccc3c(c2)c2ccccc2n3-c2ccc(F)cc2)cc1.Fc1ccc(-n2c3ccccc3c3cc(N(c4ccc(-c5cc[c]([Ge]([c]6ccccc6)([c]6ccccc6)[c]6ccccc6)cc5)cc4)c4ccc(N(c5ccccc5)c5ccccc5)cc4)ccc32)cc1. The van der Waals surface area contributed by atoms with Crippen molar-refractivity contribution < 1.29 is 8.78 Å². The molecule has 0 N–H and O–H groups in total. The van der Waals surface area contributed by atoms with E-state index in [9.17, 15) is 8.78 Å². The van der Waals surface area contributed by atoms with Gasteiger partial charge in [0, 0.05) is 39.2 Å². The monoisotopic (exact) mass is 1800 g/mol. The number of rotatable bonds is 21. The molecule has 0 aliphatic carbocycles. The Morgan fingerprint density at radius 2 is 0.385 bits per heavy atom. The number of aryl methyl sites for hydroxylation is 1. The summed E-state index contributed by atoms with van der Waals surface area (Å²) >= 11 is -6.75. The van der Waals surface area contributed by atoms with Crippen molar-refractivity contribution in [2.45, 2.75) is 6.92 Å². The standard InChI is InChI=1S/C66H48FGeN3.C55H41FGeN2/c67-51-34-40-61(41-35-51)71-65-29-17-16-28-63(65)64-48-62(46-47-66(64)71)70(60-44-42-59(43-45-60)69(56-24-12-4-13-25-56)57-26-14-5-15-27-57)58-38-32-50(33-39-58)49-30-36-55(37-31-49)68(52-18-6-1-7-19-52,53-20-8-2-9-21-53)54-22-10-3-11-23-54;1-40-21-31-48(32-22-40)58(51-37-38-55-53(39-51)52-19-11-12-20-54(52)59(55)50-35-27-43(56)28-36-50)49-33-25-42(26-34-49)41-23-29-47(30-24-41)57(44-13-5-2-6-14-44,45-15-7-3-8-16-45)46-17-9-4-10-18-46/h1-48H;2-39H,1H3. The first-order valence-electron chi connectivity index (χ1n) is 44.2. The quantitative estimate of drug-likeness (QED) is 0.0669. The summed E-state index contributed by atoms with van der Waals surface area (Å²) < 4.78 is 43.9. The van der Waals surface area contributed by atoms with Crippen molar-refractivity contribution in [3.63, 3.8) is 0 Å². The molecule has 20 aromatic carbocycles. The number of benzene rings is 20. The minimum Gasteiger partial charge on any atom is -0.0351 e. The van der Waals surface area contributed by atoms with E-state index in [4.69, 9.17) is 0 Å². The van der Waals surface area contributed by atoms with Gasteiger partial charge in [-0.25, -0.2) is 8.78 Å². The normalized spacial score (nSPS) is 11.5. The van der Waals surface area contributed by atoms with Gasteiger partial charge in [0.1, 0.15) is 11.6 Å². The molecule has 0 fully saturated rings. The van der Waals surface area contributed by atoms with Crippen LogP contribution in [0, 0.1) is 18.6 Å². The summed E-state index contributed by atoms with van der Waals surface area (Å²) in [6.07, 6.45) is 0. The fourth-order valence-electron chi connectivity index (χ4n) is 19.4. The van der Waals surface area contributed by atoms with Crippen LogP contribution in [0.25, 0.3) is 77.2 Å². The Balaban J connectivity index is 0.000000160. The van der Waals surface area contributed by atoms with Gasteiger partial charge in [0.2, 0.25) is 0 Å². The Labute approximate surface area is 762 Å². The average Bonchev–Trinajstić information content (AvgIpc) is 0.765. The van der Waals surface area contributed by atoms with Crippen molar-refractivity contribution in [2.24, 2.45) is 0 Å². The number of nitrogens with zero attached hydrogens (tertiary/aromatic N) is 5. The van der Waals surface area contributed by atoms with Gasteiger partial charge in [-0.05, 0) is 91.9 Å². The average molecular weight is 1800 g/mol. The maximum atomic E-state index is 14.2. The predicted molar refractivity (Wildman–Crippen MR) is 548 cm³/mol. The molecule has 0 saturated heterocycles. The third kappa shape index (κ3) is 15.4. The van der Waals surface area contributed by atoms with Gasteiger partial charge in [-0.1, -0.05) is 78.4 Å². The Hall–Kier alpha value is -15.7. The van der Waals surface area contributed by atoms with Crippen LogP contribution in [0.2, 0.25) is 0 Å². The first kappa shape index (κ1) is 81.4. The molecule has 0 unspecified atom stereocenters. The van der Waals surface area contributed by atoms with Gasteiger partial charge in [0.05, 0.1) is 22.1 Å². The Bertz CT molecular complexity index is 7420. The molecule has 0 atom stereocenters. The third-order valence-electron chi connectivity index (χ3n) is 25.5. The number of anilines is 9. The molecular weight excluding hydrogens is 1710 g/mol. The van der Waals surface area contributed by atoms with Crippen molar-refractivity contribution in [1.29, 1.82) is 0 Å². The minimum absolute atomic E-state index is 0.243. The number of para-hydroxylation sites is 4. The van der Waals surface area contributed by atoms with E-state index in [2.05, 4.69) is 504 Å². The second kappa shape index (κ2) is 36.0. The van der Waals surface area contributed by atoms with Gasteiger partial charge in [-0.3, -0.25) is 0 Å². The number of halogens is 2. The van der Waals surface area contributed by atoms with Gasteiger partial charge < -0.3 is 14.0 Å². The molecule has 2 heterocycles. The van der Waals surface area contributed by atoms with Crippen LogP contribution in [0.15, 0.2) is 522 Å². The number of fused-ring (bicyclic) bond motifs is 6. The van der Waals surface area contributed by atoms with Crippen LogP contribution in [0.4, 0.5) is 60.0 Å². The fourth-order valence-corrected chi connectivity index (χ4v) is 39.3. The molecule has 0 aliphatic heterocycles. The van der Waals surface area contributed by atoms with E-state index in [1.807, 2.05) is 24.3 Å². The Morgan fingerprint density at radius 3 is 0.677 bits per heavy atom. The summed E-state index contributed by atoms with van der Waals surface area (Å²) in [5.41, 5.74) is 21.5. The molecule has 22 rings (SSSR count). The van der Waals surface area contributed by atoms with E-state index >= 15 is 0 Å². The first-order valence-corrected chi connectivity index (χ1v) is 52.6. The van der Waals surface area contributed by atoms with Crippen LogP contribution in [-0.2, 0) is 0 Å². The van der Waals surface area contributed by atoms with E-state index in [1.54, 1.807) is 0 Å². The molecular formula is C121H89F2Ge2N5. The van der Waals surface area contributed by atoms with Crippen LogP contribution in [0.5, 0.6) is 0 Å². The van der Waals surface area contributed by atoms with Crippen LogP contribution < -0.4 is 49.9 Å². The molecule has 0 spiro atoms. The zero-order chi connectivity index (χ0) is 87.3. The summed E-state index contributed by atoms with van der Waals surface area (Å²) in [6.45, 7) is 2.12. The van der Waals surface area contributed by atoms with Gasteiger partial charge in [-0.2, -0.15) is 0 Å². The van der Waals surface area contributed by atoms with Crippen molar-refractivity contribution in [2.75, 3.05) is 14.7 Å². The maximum absolute atomic E-state index is 14.2. The van der Waals surface area contributed by atoms with Crippen molar-refractivity contribution in [3.8, 4) is 33.6 Å². The molecule has 130 heavy (non-hydrogen) atoms. The van der Waals surface area contributed by atoms with Crippen molar-refractivity contribution in [1.82, 2.24) is 9.13 Å². The molecule has 0 saturated carbocycles. The van der Waals surface area contributed by atoms with E-state index in [-0.39, 0.29) is 11.6 Å². The second-order valence-corrected chi connectivity index (χ2v) is 49.0. The summed E-state index contributed by atoms with van der Waals surface area (Å²) in [6, 6.07) is 186. The minimum atomic E-state index is -3.40. The topological polar surface area (TPSA) is 19.6 Å². The molecule has 0 radical (unpaired) electrons. The zero-order valence-electron chi connectivity index (χ0n) is 71.6. The first-order chi connectivity index (χ1) is 64.2. The smallest absolute Gasteiger partial charge is 0.0351 e. The predicted octanol–water partition coefficient (Wildman–Crippen LogP) is 26.7. The Morgan fingerprint density at radius 1 is 0.177 bits per heavy atom. The summed E-state index contributed by atoms with van der Waals surface area (Å²) in [7, 11) is 0.